The van der Waals surface area contributed by atoms with Crippen molar-refractivity contribution in [3.05, 3.63) is 124 Å². The molecule has 1 spiro atoms. The predicted octanol–water partition coefficient (Wildman–Crippen LogP) is 8.17. The predicted molar refractivity (Wildman–Crippen MR) is 166 cm³/mol. The normalized spacial score (nSPS) is 19.5. The lowest BCUT2D eigenvalue weighted by atomic mass is 9.75. The number of rotatable bonds is 6. The second-order valence-corrected chi connectivity index (χ2v) is 12.7. The van der Waals surface area contributed by atoms with Gasteiger partial charge in [0.1, 0.15) is 29.7 Å². The molecule has 1 saturated heterocycles. The van der Waals surface area contributed by atoms with Crippen molar-refractivity contribution in [2.75, 3.05) is 26.2 Å². The Balaban J connectivity index is 1.45. The molecule has 1 atom stereocenters. The molecule has 4 aromatic rings. The van der Waals surface area contributed by atoms with Gasteiger partial charge in [-0.1, -0.05) is 53.2 Å². The number of hydrogen-bond acceptors (Lipinski definition) is 4. The van der Waals surface area contributed by atoms with E-state index in [2.05, 4.69) is 40.7 Å². The highest BCUT2D eigenvalue weighted by Gasteiger charge is 2.57. The summed E-state index contributed by atoms with van der Waals surface area (Å²) >= 11 is 14.0. The quantitative estimate of drug-likeness (QED) is 0.178. The van der Waals surface area contributed by atoms with E-state index in [9.17, 15) is 9.18 Å². The Hall–Kier alpha value is -3.00. The van der Waals surface area contributed by atoms with Gasteiger partial charge < -0.3 is 5.32 Å². The van der Waals surface area contributed by atoms with Crippen molar-refractivity contribution >= 4 is 52.6 Å². The summed E-state index contributed by atoms with van der Waals surface area (Å²) in [5.41, 5.74) is 3.66. The number of nitrogens with zero attached hydrogens (tertiary/aromatic N) is 2. The Kier molecular flexibility index (Phi) is 8.03. The van der Waals surface area contributed by atoms with Crippen LogP contribution in [0.4, 0.5) is 10.1 Å². The highest BCUT2D eigenvalue weighted by atomic mass is 35.5. The smallest absolute Gasteiger partial charge is 0.317 e. The van der Waals surface area contributed by atoms with Crippen molar-refractivity contribution in [2.45, 2.75) is 28.0 Å². The third kappa shape index (κ3) is 5.72. The molecule has 3 aromatic carbocycles. The number of hydrogen-bond donors (Lipinski definition) is 1. The molecule has 0 radical (unpaired) electrons. The first kappa shape index (κ1) is 28.1. The Morgan fingerprint density at radius 3 is 2.44 bits per heavy atom. The standard InChI is InChI=1S/C33H29Cl2FN3OS/c34-25-5-3-23(4-6-25)2-1-19-39(32(40)24-13-16-38-31(35)20-24)22-33(14-17-37-18-15-33)29-21-28(11-12-30(29)39)41-27-9-7-26(36)8-10-27/h1-13,16,20-21,37H,14-15,17-19,22H2/q+1/b2-1+. The zero-order valence-corrected chi connectivity index (χ0v) is 24.7. The summed E-state index contributed by atoms with van der Waals surface area (Å²) in [6.07, 6.45) is 7.62. The lowest BCUT2D eigenvalue weighted by Gasteiger charge is -2.36. The molecule has 6 rings (SSSR count). The molecule has 1 unspecified atom stereocenters. The number of aromatic nitrogens is 1. The van der Waals surface area contributed by atoms with Crippen molar-refractivity contribution in [1.82, 2.24) is 14.8 Å². The van der Waals surface area contributed by atoms with Gasteiger partial charge in [0.2, 0.25) is 0 Å². The van der Waals surface area contributed by atoms with Crippen molar-refractivity contribution in [1.29, 1.82) is 0 Å². The van der Waals surface area contributed by atoms with Gasteiger partial charge in [-0.2, -0.15) is 0 Å². The second-order valence-electron chi connectivity index (χ2n) is 10.7. The Morgan fingerprint density at radius 1 is 0.976 bits per heavy atom. The average Bonchev–Trinajstić information content (AvgIpc) is 3.24. The summed E-state index contributed by atoms with van der Waals surface area (Å²) < 4.78 is 13.7. The molecule has 4 nitrogen and oxygen atoms in total. The van der Waals surface area contributed by atoms with Gasteiger partial charge in [-0.3, -0.25) is 0 Å². The maximum absolute atomic E-state index is 14.6. The molecule has 8 heteroatoms. The van der Waals surface area contributed by atoms with Crippen LogP contribution in [-0.2, 0) is 5.41 Å². The van der Waals surface area contributed by atoms with Gasteiger partial charge >= 0.3 is 5.91 Å². The number of pyridine rings is 1. The number of nitrogens with one attached hydrogen (secondary N) is 1. The molecular weight excluding hydrogens is 576 g/mol. The third-order valence-corrected chi connectivity index (χ3v) is 9.60. The number of carbonyl (C=O) groups is 1. The zero-order chi connectivity index (χ0) is 28.5. The van der Waals surface area contributed by atoms with E-state index >= 15 is 0 Å². The molecule has 0 aliphatic carbocycles. The van der Waals surface area contributed by atoms with Crippen LogP contribution >= 0.6 is 35.0 Å². The van der Waals surface area contributed by atoms with Gasteiger partial charge in [0.15, 0.2) is 0 Å². The summed E-state index contributed by atoms with van der Waals surface area (Å²) in [5.74, 6) is -0.244. The number of carbonyl (C=O) groups excluding carboxylic acids is 1. The fourth-order valence-corrected chi connectivity index (χ4v) is 7.34. The van der Waals surface area contributed by atoms with Crippen LogP contribution in [0.5, 0.6) is 0 Å². The summed E-state index contributed by atoms with van der Waals surface area (Å²) in [5, 5.41) is 4.49. The molecule has 0 saturated carbocycles. The second kappa shape index (κ2) is 11.7. The van der Waals surface area contributed by atoms with E-state index < -0.39 is 0 Å². The molecule has 1 fully saturated rings. The summed E-state index contributed by atoms with van der Waals surface area (Å²) in [6.45, 7) is 2.95. The summed E-state index contributed by atoms with van der Waals surface area (Å²) in [7, 11) is 0. The van der Waals surface area contributed by atoms with Crippen molar-refractivity contribution < 1.29 is 9.18 Å². The first-order valence-corrected chi connectivity index (χ1v) is 15.2. The zero-order valence-electron chi connectivity index (χ0n) is 22.3. The molecule has 208 valence electrons. The largest absolute Gasteiger partial charge is 0.351 e. The molecular formula is C33H29Cl2FN3OS+. The van der Waals surface area contributed by atoms with Crippen LogP contribution in [0.15, 0.2) is 101 Å². The van der Waals surface area contributed by atoms with E-state index in [4.69, 9.17) is 23.2 Å². The first-order chi connectivity index (χ1) is 19.9. The van der Waals surface area contributed by atoms with E-state index in [1.165, 1.54) is 17.7 Å². The molecule has 1 amide bonds. The lowest BCUT2D eigenvalue weighted by Crippen LogP contribution is -2.57. The monoisotopic (exact) mass is 604 g/mol. The molecule has 1 aromatic heterocycles. The fourth-order valence-electron chi connectivity index (χ4n) is 6.19. The van der Waals surface area contributed by atoms with Gasteiger partial charge in [-0.05, 0) is 98.2 Å². The minimum Gasteiger partial charge on any atom is -0.317 e. The minimum absolute atomic E-state index is 0.00523. The van der Waals surface area contributed by atoms with Crippen molar-refractivity contribution in [3.8, 4) is 0 Å². The molecule has 2 aliphatic heterocycles. The molecule has 0 bridgehead atoms. The van der Waals surface area contributed by atoms with Crippen LogP contribution < -0.4 is 9.80 Å². The Labute approximate surface area is 253 Å². The average molecular weight is 606 g/mol. The van der Waals surface area contributed by atoms with Crippen LogP contribution in [0.2, 0.25) is 10.2 Å². The Bertz CT molecular complexity index is 1600. The van der Waals surface area contributed by atoms with E-state index in [0.717, 1.165) is 47.0 Å². The molecule has 1 N–H and O–H groups in total. The molecule has 2 aliphatic rings. The maximum atomic E-state index is 14.6. The molecule has 41 heavy (non-hydrogen) atoms. The topological polar surface area (TPSA) is 42.0 Å². The fraction of sp³-hybridized carbons (Fsp3) is 0.212. The van der Waals surface area contributed by atoms with Gasteiger partial charge in [0, 0.05) is 32.6 Å². The number of benzene rings is 3. The number of halogens is 3. The van der Waals surface area contributed by atoms with Crippen LogP contribution in [0.1, 0.15) is 34.3 Å². The minimum atomic E-state index is -0.250. The van der Waals surface area contributed by atoms with E-state index in [1.807, 2.05) is 24.3 Å². The van der Waals surface area contributed by atoms with Crippen LogP contribution in [-0.4, -0.2) is 37.1 Å². The van der Waals surface area contributed by atoms with Crippen LogP contribution in [0.3, 0.4) is 0 Å². The van der Waals surface area contributed by atoms with Gasteiger partial charge in [0.25, 0.3) is 0 Å². The highest BCUT2D eigenvalue weighted by Crippen LogP contribution is 2.52. The molecule has 3 heterocycles. The SMILES string of the molecule is O=C(c1ccnc(Cl)c1)[N+]1(C/C=C/c2ccc(Cl)cc2)CC2(CCNCC2)c2cc(Sc3ccc(F)cc3)ccc21. The Morgan fingerprint density at radius 2 is 1.71 bits per heavy atom. The first-order valence-electron chi connectivity index (χ1n) is 13.6. The summed E-state index contributed by atoms with van der Waals surface area (Å²) in [6, 6.07) is 24.1. The van der Waals surface area contributed by atoms with Crippen LogP contribution in [0.25, 0.3) is 6.08 Å². The number of quaternary nitrogens is 1. The van der Waals surface area contributed by atoms with Gasteiger partial charge in [-0.15, -0.1) is 0 Å². The maximum Gasteiger partial charge on any atom is 0.351 e. The van der Waals surface area contributed by atoms with Crippen molar-refractivity contribution in [3.63, 3.8) is 0 Å². The number of fused-ring (bicyclic) bond motifs is 2. The van der Waals surface area contributed by atoms with Gasteiger partial charge in [0.05, 0.1) is 11.0 Å². The summed E-state index contributed by atoms with van der Waals surface area (Å²) in [4.78, 5) is 20.7. The van der Waals surface area contributed by atoms with Gasteiger partial charge in [-0.25, -0.2) is 18.7 Å². The van der Waals surface area contributed by atoms with E-state index in [0.29, 0.717) is 28.8 Å². The van der Waals surface area contributed by atoms with Crippen LogP contribution in [0, 0.1) is 5.82 Å². The van der Waals surface area contributed by atoms with Crippen molar-refractivity contribution in [2.24, 2.45) is 0 Å². The van der Waals surface area contributed by atoms with E-state index in [-0.39, 0.29) is 21.6 Å². The third-order valence-electron chi connectivity index (χ3n) is 8.14. The number of piperidine rings is 1. The number of amides is 1. The lowest BCUT2D eigenvalue weighted by molar-refractivity contribution is 0.0759. The van der Waals surface area contributed by atoms with E-state index in [1.54, 1.807) is 42.2 Å². The highest BCUT2D eigenvalue weighted by molar-refractivity contribution is 7.99.